The molecule has 4 heterocycles. The Kier molecular flexibility index (Phi) is 3.78. The van der Waals surface area contributed by atoms with Gasteiger partial charge in [0.15, 0.2) is 0 Å². The molecule has 32 heavy (non-hydrogen) atoms. The van der Waals surface area contributed by atoms with Crippen molar-refractivity contribution in [1.29, 1.82) is 0 Å². The van der Waals surface area contributed by atoms with Crippen LogP contribution in [0, 0.1) is 0 Å². The molecule has 0 aliphatic carbocycles. The number of hydrogen-bond donors (Lipinski definition) is 1. The molecular formula is C28H19N3S. The molecular weight excluding hydrogens is 410 g/mol. The van der Waals surface area contributed by atoms with Crippen molar-refractivity contribution < 1.29 is 0 Å². The van der Waals surface area contributed by atoms with E-state index in [1.807, 2.05) is 17.5 Å². The van der Waals surface area contributed by atoms with E-state index in [-0.39, 0.29) is 0 Å². The minimum Gasteiger partial charge on any atom is -0.385 e. The first kappa shape index (κ1) is 17.8. The third-order valence-electron chi connectivity index (χ3n) is 6.30. The van der Waals surface area contributed by atoms with Crippen LogP contribution in [0.25, 0.3) is 54.2 Å². The highest BCUT2D eigenvalue weighted by Gasteiger charge is 2.19. The SMILES string of the molecule is C1=Cc2c(n(-c3cccc(-c4cccc5c4sc4ccccc45)n3)c3ccccc23)CN1. The highest BCUT2D eigenvalue weighted by molar-refractivity contribution is 7.26. The predicted octanol–water partition coefficient (Wildman–Crippen LogP) is 7.13. The Morgan fingerprint density at radius 3 is 2.56 bits per heavy atom. The van der Waals surface area contributed by atoms with Gasteiger partial charge >= 0.3 is 0 Å². The van der Waals surface area contributed by atoms with Crippen molar-refractivity contribution >= 4 is 48.5 Å². The number of rotatable bonds is 2. The van der Waals surface area contributed by atoms with Crippen LogP contribution < -0.4 is 5.32 Å². The van der Waals surface area contributed by atoms with Crippen LogP contribution in [0.4, 0.5) is 0 Å². The van der Waals surface area contributed by atoms with Crippen LogP contribution in [0.5, 0.6) is 0 Å². The normalized spacial score (nSPS) is 13.0. The molecule has 4 heteroatoms. The summed E-state index contributed by atoms with van der Waals surface area (Å²) >= 11 is 1.85. The first-order valence-electron chi connectivity index (χ1n) is 10.8. The average molecular weight is 430 g/mol. The molecule has 6 aromatic rings. The van der Waals surface area contributed by atoms with Gasteiger partial charge < -0.3 is 5.32 Å². The van der Waals surface area contributed by atoms with Crippen molar-refractivity contribution in [3.8, 4) is 17.1 Å². The number of benzene rings is 3. The highest BCUT2D eigenvalue weighted by Crippen LogP contribution is 2.39. The molecule has 0 unspecified atom stereocenters. The predicted molar refractivity (Wildman–Crippen MR) is 135 cm³/mol. The summed E-state index contributed by atoms with van der Waals surface area (Å²) in [5.41, 5.74) is 5.91. The van der Waals surface area contributed by atoms with Crippen molar-refractivity contribution in [1.82, 2.24) is 14.9 Å². The standard InChI is InChI=1S/C28H19N3S/c1-3-12-24-18(7-1)19-15-16-29-17-25(19)31(24)27-14-6-11-23(30-27)22-10-5-9-21-20-8-2-4-13-26(20)32-28(21)22/h1-16,29H,17H2. The van der Waals surface area contributed by atoms with Crippen LogP contribution in [-0.4, -0.2) is 9.55 Å². The summed E-state index contributed by atoms with van der Waals surface area (Å²) in [4.78, 5) is 5.18. The number of fused-ring (bicyclic) bond motifs is 6. The Balaban J connectivity index is 1.48. The largest absolute Gasteiger partial charge is 0.385 e. The van der Waals surface area contributed by atoms with Gasteiger partial charge in [-0.2, -0.15) is 0 Å². The van der Waals surface area contributed by atoms with Crippen LogP contribution in [-0.2, 0) is 6.54 Å². The van der Waals surface area contributed by atoms with E-state index in [0.29, 0.717) is 0 Å². The van der Waals surface area contributed by atoms with Gasteiger partial charge in [-0.25, -0.2) is 4.98 Å². The minimum absolute atomic E-state index is 0.790. The van der Waals surface area contributed by atoms with Gasteiger partial charge in [-0.3, -0.25) is 4.57 Å². The lowest BCUT2D eigenvalue weighted by Gasteiger charge is -2.14. The Labute approximate surface area is 189 Å². The van der Waals surface area contributed by atoms with Crippen LogP contribution >= 0.6 is 11.3 Å². The van der Waals surface area contributed by atoms with Crippen LogP contribution in [0.15, 0.2) is 91.1 Å². The Bertz CT molecular complexity index is 1690. The fraction of sp³-hybridized carbons (Fsp3) is 0.0357. The Morgan fingerprint density at radius 2 is 1.59 bits per heavy atom. The zero-order valence-corrected chi connectivity index (χ0v) is 18.1. The molecule has 0 spiro atoms. The third kappa shape index (κ3) is 2.50. The second-order valence-electron chi connectivity index (χ2n) is 8.09. The first-order chi connectivity index (χ1) is 15.9. The number of aromatic nitrogens is 2. The van der Waals surface area contributed by atoms with Gasteiger partial charge in [0.2, 0.25) is 0 Å². The third-order valence-corrected chi connectivity index (χ3v) is 7.52. The maximum atomic E-state index is 5.18. The average Bonchev–Trinajstić information content (AvgIpc) is 3.40. The Hall–Kier alpha value is -3.89. The zero-order chi connectivity index (χ0) is 21.1. The molecule has 1 N–H and O–H groups in total. The van der Waals surface area contributed by atoms with E-state index >= 15 is 0 Å². The van der Waals surface area contributed by atoms with Crippen LogP contribution in [0.3, 0.4) is 0 Å². The molecule has 0 radical (unpaired) electrons. The maximum absolute atomic E-state index is 5.18. The van der Waals surface area contributed by atoms with Crippen LogP contribution in [0.2, 0.25) is 0 Å². The maximum Gasteiger partial charge on any atom is 0.138 e. The van der Waals surface area contributed by atoms with Gasteiger partial charge in [-0.05, 0) is 36.5 Å². The summed E-state index contributed by atoms with van der Waals surface area (Å²) in [6.07, 6.45) is 4.20. The smallest absolute Gasteiger partial charge is 0.138 e. The molecule has 0 saturated carbocycles. The van der Waals surface area contributed by atoms with Gasteiger partial charge in [0, 0.05) is 36.7 Å². The van der Waals surface area contributed by atoms with Gasteiger partial charge in [-0.15, -0.1) is 11.3 Å². The van der Waals surface area contributed by atoms with Crippen molar-refractivity contribution in [2.75, 3.05) is 0 Å². The molecule has 152 valence electrons. The second-order valence-corrected chi connectivity index (χ2v) is 9.14. The molecule has 0 bridgehead atoms. The van der Waals surface area contributed by atoms with Crippen LogP contribution in [0.1, 0.15) is 11.3 Å². The lowest BCUT2D eigenvalue weighted by atomic mass is 10.1. The van der Waals surface area contributed by atoms with Gasteiger partial charge in [0.25, 0.3) is 0 Å². The van der Waals surface area contributed by atoms with E-state index in [2.05, 4.69) is 101 Å². The van der Waals surface area contributed by atoms with E-state index < -0.39 is 0 Å². The van der Waals surface area contributed by atoms with E-state index in [1.165, 1.54) is 47.9 Å². The second kappa shape index (κ2) is 6.81. The highest BCUT2D eigenvalue weighted by atomic mass is 32.1. The molecule has 0 atom stereocenters. The van der Waals surface area contributed by atoms with Crippen molar-refractivity contribution in [2.45, 2.75) is 6.54 Å². The van der Waals surface area contributed by atoms with Gasteiger partial charge in [0.05, 0.1) is 23.4 Å². The van der Waals surface area contributed by atoms with E-state index in [1.54, 1.807) is 0 Å². The lowest BCUT2D eigenvalue weighted by Crippen LogP contribution is -2.14. The molecule has 3 aromatic carbocycles. The van der Waals surface area contributed by atoms with Crippen molar-refractivity contribution in [3.63, 3.8) is 0 Å². The topological polar surface area (TPSA) is 29.9 Å². The van der Waals surface area contributed by atoms with Crippen molar-refractivity contribution in [2.24, 2.45) is 0 Å². The molecule has 3 nitrogen and oxygen atoms in total. The number of hydrogen-bond acceptors (Lipinski definition) is 3. The quantitative estimate of drug-likeness (QED) is 0.317. The summed E-state index contributed by atoms with van der Waals surface area (Å²) in [5.74, 6) is 0.954. The monoisotopic (exact) mass is 429 g/mol. The molecule has 1 aliphatic rings. The number of thiophene rings is 1. The molecule has 0 saturated heterocycles. The number of pyridine rings is 1. The summed E-state index contributed by atoms with van der Waals surface area (Å²) in [5, 5.41) is 7.25. The number of nitrogens with zero attached hydrogens (tertiary/aromatic N) is 2. The van der Waals surface area contributed by atoms with Gasteiger partial charge in [-0.1, -0.05) is 60.7 Å². The lowest BCUT2D eigenvalue weighted by molar-refractivity contribution is 0.795. The minimum atomic E-state index is 0.790. The summed E-state index contributed by atoms with van der Waals surface area (Å²) in [7, 11) is 0. The van der Waals surface area contributed by atoms with E-state index in [9.17, 15) is 0 Å². The molecule has 1 aliphatic heterocycles. The fourth-order valence-corrected chi connectivity index (χ4v) is 6.11. The summed E-state index contributed by atoms with van der Waals surface area (Å²) in [6, 6.07) is 30.1. The first-order valence-corrected chi connectivity index (χ1v) is 11.6. The van der Waals surface area contributed by atoms with E-state index in [0.717, 1.165) is 18.1 Å². The molecule has 0 amide bonds. The van der Waals surface area contributed by atoms with Gasteiger partial charge in [0.1, 0.15) is 5.82 Å². The molecule has 3 aromatic heterocycles. The zero-order valence-electron chi connectivity index (χ0n) is 17.2. The van der Waals surface area contributed by atoms with Crippen molar-refractivity contribution in [3.05, 3.63) is 102 Å². The summed E-state index contributed by atoms with van der Waals surface area (Å²) < 4.78 is 4.91. The Morgan fingerprint density at radius 1 is 0.781 bits per heavy atom. The number of para-hydroxylation sites is 1. The summed E-state index contributed by atoms with van der Waals surface area (Å²) in [6.45, 7) is 0.790. The number of nitrogens with one attached hydrogen (secondary N) is 1. The molecule has 7 rings (SSSR count). The fourth-order valence-electron chi connectivity index (χ4n) is 4.88. The molecule has 0 fully saturated rings. The van der Waals surface area contributed by atoms with E-state index in [4.69, 9.17) is 4.98 Å².